The monoisotopic (exact) mass is 328 g/mol. The number of aliphatic hydroxyl groups is 1. The molecule has 0 spiro atoms. The molecule has 3 nitrogen and oxygen atoms in total. The standard InChI is InChI=1S/C20H25FN2O/c1-15(19-8-4-5-9-20(19)21)22-12-16-6-2-3-7-17(16)13-23-11-10-18(24)14-23/h2-9,15,18,22,24H,10-14H2,1H3/t15-,18+/m0/s1. The quantitative estimate of drug-likeness (QED) is 0.854. The van der Waals surface area contributed by atoms with Crippen LogP contribution in [0.25, 0.3) is 0 Å². The molecule has 1 fully saturated rings. The molecule has 2 aromatic rings. The molecule has 0 unspecified atom stereocenters. The first-order valence-corrected chi connectivity index (χ1v) is 8.58. The van der Waals surface area contributed by atoms with Crippen molar-refractivity contribution in [2.75, 3.05) is 13.1 Å². The predicted molar refractivity (Wildman–Crippen MR) is 94.0 cm³/mol. The van der Waals surface area contributed by atoms with Crippen molar-refractivity contribution in [3.05, 3.63) is 71.0 Å². The second-order valence-electron chi connectivity index (χ2n) is 6.57. The molecule has 0 aromatic heterocycles. The summed E-state index contributed by atoms with van der Waals surface area (Å²) in [6, 6.07) is 15.2. The summed E-state index contributed by atoms with van der Waals surface area (Å²) >= 11 is 0. The topological polar surface area (TPSA) is 35.5 Å². The number of halogens is 1. The van der Waals surface area contributed by atoms with Gasteiger partial charge in [-0.3, -0.25) is 4.90 Å². The summed E-state index contributed by atoms with van der Waals surface area (Å²) in [6.07, 6.45) is 0.654. The first-order chi connectivity index (χ1) is 11.6. The highest BCUT2D eigenvalue weighted by atomic mass is 19.1. The van der Waals surface area contributed by atoms with Crippen LogP contribution in [-0.2, 0) is 13.1 Å². The summed E-state index contributed by atoms with van der Waals surface area (Å²) < 4.78 is 13.9. The fourth-order valence-electron chi connectivity index (χ4n) is 3.28. The van der Waals surface area contributed by atoms with Gasteiger partial charge in [-0.15, -0.1) is 0 Å². The zero-order valence-corrected chi connectivity index (χ0v) is 14.1. The van der Waals surface area contributed by atoms with Crippen LogP contribution in [-0.4, -0.2) is 29.2 Å². The Morgan fingerprint density at radius 3 is 2.58 bits per heavy atom. The van der Waals surface area contributed by atoms with E-state index in [0.717, 1.165) is 26.1 Å². The van der Waals surface area contributed by atoms with Gasteiger partial charge in [0.2, 0.25) is 0 Å². The normalized spacial score (nSPS) is 19.5. The number of nitrogens with one attached hydrogen (secondary N) is 1. The number of nitrogens with zero attached hydrogens (tertiary/aromatic N) is 1. The van der Waals surface area contributed by atoms with E-state index >= 15 is 0 Å². The van der Waals surface area contributed by atoms with Gasteiger partial charge in [-0.1, -0.05) is 42.5 Å². The van der Waals surface area contributed by atoms with E-state index in [1.54, 1.807) is 6.07 Å². The lowest BCUT2D eigenvalue weighted by Gasteiger charge is -2.20. The number of hydrogen-bond acceptors (Lipinski definition) is 3. The summed E-state index contributed by atoms with van der Waals surface area (Å²) in [5.41, 5.74) is 3.18. The second-order valence-corrected chi connectivity index (χ2v) is 6.57. The van der Waals surface area contributed by atoms with Gasteiger partial charge in [0.1, 0.15) is 5.82 Å². The molecule has 2 N–H and O–H groups in total. The molecule has 24 heavy (non-hydrogen) atoms. The Kier molecular flexibility index (Phi) is 5.61. The lowest BCUT2D eigenvalue weighted by Crippen LogP contribution is -2.24. The largest absolute Gasteiger partial charge is 0.392 e. The molecule has 4 heteroatoms. The highest BCUT2D eigenvalue weighted by molar-refractivity contribution is 5.28. The number of aliphatic hydroxyl groups excluding tert-OH is 1. The number of rotatable bonds is 6. The van der Waals surface area contributed by atoms with Crippen LogP contribution < -0.4 is 5.32 Å². The van der Waals surface area contributed by atoms with Crippen LogP contribution in [0.5, 0.6) is 0 Å². The maximum atomic E-state index is 13.9. The van der Waals surface area contributed by atoms with E-state index in [1.165, 1.54) is 17.2 Å². The van der Waals surface area contributed by atoms with E-state index in [1.807, 2.05) is 31.2 Å². The Balaban J connectivity index is 1.64. The van der Waals surface area contributed by atoms with E-state index in [4.69, 9.17) is 0 Å². The van der Waals surface area contributed by atoms with Crippen LogP contribution in [0.15, 0.2) is 48.5 Å². The van der Waals surface area contributed by atoms with Crippen molar-refractivity contribution < 1.29 is 9.50 Å². The van der Waals surface area contributed by atoms with Gasteiger partial charge in [-0.25, -0.2) is 4.39 Å². The molecule has 128 valence electrons. The van der Waals surface area contributed by atoms with Crippen molar-refractivity contribution in [2.45, 2.75) is 38.6 Å². The Morgan fingerprint density at radius 1 is 1.17 bits per heavy atom. The molecule has 1 heterocycles. The molecular formula is C20H25FN2O. The van der Waals surface area contributed by atoms with Gasteiger partial charge in [0.15, 0.2) is 0 Å². The van der Waals surface area contributed by atoms with Crippen LogP contribution >= 0.6 is 0 Å². The average molecular weight is 328 g/mol. The average Bonchev–Trinajstić information content (AvgIpc) is 2.99. The lowest BCUT2D eigenvalue weighted by molar-refractivity contribution is 0.174. The van der Waals surface area contributed by atoms with Crippen LogP contribution in [0.1, 0.15) is 36.1 Å². The molecule has 0 bridgehead atoms. The summed E-state index contributed by atoms with van der Waals surface area (Å²) in [7, 11) is 0. The zero-order valence-electron chi connectivity index (χ0n) is 14.1. The Labute approximate surface area is 143 Å². The maximum absolute atomic E-state index is 13.9. The van der Waals surface area contributed by atoms with Crippen LogP contribution in [0.3, 0.4) is 0 Å². The van der Waals surface area contributed by atoms with E-state index in [2.05, 4.69) is 22.3 Å². The second kappa shape index (κ2) is 7.88. The molecule has 2 atom stereocenters. The molecule has 0 amide bonds. The van der Waals surface area contributed by atoms with Gasteiger partial charge in [-0.05, 0) is 30.5 Å². The third-order valence-corrected chi connectivity index (χ3v) is 4.73. The van der Waals surface area contributed by atoms with Gasteiger partial charge in [0.05, 0.1) is 6.10 Å². The highest BCUT2D eigenvalue weighted by Gasteiger charge is 2.20. The van der Waals surface area contributed by atoms with Crippen LogP contribution in [0.4, 0.5) is 4.39 Å². The molecular weight excluding hydrogens is 303 g/mol. The van der Waals surface area contributed by atoms with Gasteiger partial charge in [0.25, 0.3) is 0 Å². The first-order valence-electron chi connectivity index (χ1n) is 8.58. The lowest BCUT2D eigenvalue weighted by atomic mass is 10.0. The van der Waals surface area contributed by atoms with Gasteiger partial charge < -0.3 is 10.4 Å². The Hall–Kier alpha value is -1.75. The highest BCUT2D eigenvalue weighted by Crippen LogP contribution is 2.19. The number of likely N-dealkylation sites (tertiary alicyclic amines) is 1. The number of β-amino-alcohol motifs (C(OH)–C–C–N with tert-alkyl or cyclic N) is 1. The minimum Gasteiger partial charge on any atom is -0.392 e. The summed E-state index contributed by atoms with van der Waals surface area (Å²) in [6.45, 7) is 5.21. The van der Waals surface area contributed by atoms with Crippen LogP contribution in [0.2, 0.25) is 0 Å². The molecule has 0 aliphatic carbocycles. The molecule has 0 saturated carbocycles. The summed E-state index contributed by atoms with van der Waals surface area (Å²) in [5.74, 6) is -0.170. The molecule has 1 aliphatic heterocycles. The van der Waals surface area contributed by atoms with Crippen molar-refractivity contribution in [3.63, 3.8) is 0 Å². The fourth-order valence-corrected chi connectivity index (χ4v) is 3.28. The third-order valence-electron chi connectivity index (χ3n) is 4.73. The molecule has 3 rings (SSSR count). The minimum absolute atomic E-state index is 0.0483. The molecule has 1 saturated heterocycles. The minimum atomic E-state index is -0.198. The zero-order chi connectivity index (χ0) is 16.9. The van der Waals surface area contributed by atoms with Gasteiger partial charge >= 0.3 is 0 Å². The number of hydrogen-bond donors (Lipinski definition) is 2. The molecule has 2 aromatic carbocycles. The van der Waals surface area contributed by atoms with E-state index in [0.29, 0.717) is 12.1 Å². The smallest absolute Gasteiger partial charge is 0.127 e. The molecule has 0 radical (unpaired) electrons. The van der Waals surface area contributed by atoms with Gasteiger partial charge in [-0.2, -0.15) is 0 Å². The van der Waals surface area contributed by atoms with Crippen molar-refractivity contribution in [1.29, 1.82) is 0 Å². The van der Waals surface area contributed by atoms with E-state index < -0.39 is 0 Å². The van der Waals surface area contributed by atoms with Crippen molar-refractivity contribution in [3.8, 4) is 0 Å². The summed E-state index contributed by atoms with van der Waals surface area (Å²) in [4.78, 5) is 2.28. The fraction of sp³-hybridized carbons (Fsp3) is 0.400. The Bertz CT molecular complexity index is 676. The molecule has 1 aliphatic rings. The first kappa shape index (κ1) is 17.1. The van der Waals surface area contributed by atoms with E-state index in [-0.39, 0.29) is 18.0 Å². The SMILES string of the molecule is C[C@H](NCc1ccccc1CN1CC[C@@H](O)C1)c1ccccc1F. The Morgan fingerprint density at radius 2 is 1.88 bits per heavy atom. The predicted octanol–water partition coefficient (Wildman–Crippen LogP) is 3.24. The van der Waals surface area contributed by atoms with Crippen molar-refractivity contribution in [1.82, 2.24) is 10.2 Å². The van der Waals surface area contributed by atoms with Crippen LogP contribution in [0, 0.1) is 5.82 Å². The third kappa shape index (κ3) is 4.20. The summed E-state index contributed by atoms with van der Waals surface area (Å²) in [5, 5.41) is 13.1. The number of benzene rings is 2. The maximum Gasteiger partial charge on any atom is 0.127 e. The van der Waals surface area contributed by atoms with Crippen molar-refractivity contribution in [2.24, 2.45) is 0 Å². The van der Waals surface area contributed by atoms with E-state index in [9.17, 15) is 9.50 Å². The van der Waals surface area contributed by atoms with Gasteiger partial charge in [0, 0.05) is 37.8 Å². The van der Waals surface area contributed by atoms with Crippen molar-refractivity contribution >= 4 is 0 Å².